The molecule has 1 aromatic carbocycles. The van der Waals surface area contributed by atoms with E-state index in [9.17, 15) is 22.0 Å². The highest BCUT2D eigenvalue weighted by Crippen LogP contribution is 2.38. The standard InChI is InChI=1S/C25H31F2N3O4S/c1-24(2,3)23-28-16-19(22(30-23)34-18-8-6-5-7-9-18)21(31)29-20(12-15-35(4,32)33)17-10-13-25(26,27)14-11-17/h5-9,12,15-17,20H,10-11,13-14H2,1-4H3,(H,29,31)/b15-12+/t20-/m1/s1. The van der Waals surface area contributed by atoms with Crippen molar-refractivity contribution in [2.75, 3.05) is 6.26 Å². The fraction of sp³-hybridized carbons (Fsp3) is 0.480. The van der Waals surface area contributed by atoms with Crippen LogP contribution in [0.25, 0.3) is 0 Å². The highest BCUT2D eigenvalue weighted by atomic mass is 32.2. The molecular weight excluding hydrogens is 476 g/mol. The quantitative estimate of drug-likeness (QED) is 0.563. The van der Waals surface area contributed by atoms with Gasteiger partial charge in [0.15, 0.2) is 9.84 Å². The van der Waals surface area contributed by atoms with Gasteiger partial charge in [0, 0.05) is 36.1 Å². The van der Waals surface area contributed by atoms with Crippen LogP contribution in [-0.4, -0.2) is 42.5 Å². The molecule has 1 heterocycles. The predicted octanol–water partition coefficient (Wildman–Crippen LogP) is 5.05. The van der Waals surface area contributed by atoms with Crippen molar-refractivity contribution in [1.82, 2.24) is 15.3 Å². The summed E-state index contributed by atoms with van der Waals surface area (Å²) in [7, 11) is -3.48. The Bertz CT molecular complexity index is 1170. The van der Waals surface area contributed by atoms with Crippen molar-refractivity contribution in [3.8, 4) is 11.6 Å². The number of benzene rings is 1. The summed E-state index contributed by atoms with van der Waals surface area (Å²) in [5, 5.41) is 3.78. The normalized spacial score (nSPS) is 17.8. The van der Waals surface area contributed by atoms with Crippen LogP contribution in [0.1, 0.15) is 62.6 Å². The number of aromatic nitrogens is 2. The van der Waals surface area contributed by atoms with Gasteiger partial charge in [-0.3, -0.25) is 4.79 Å². The van der Waals surface area contributed by atoms with E-state index < -0.39 is 33.1 Å². The maximum atomic E-state index is 13.7. The number of alkyl halides is 2. The number of carbonyl (C=O) groups excluding carboxylic acids is 1. The zero-order valence-electron chi connectivity index (χ0n) is 20.3. The summed E-state index contributed by atoms with van der Waals surface area (Å²) in [5.41, 5.74) is -0.349. The number of nitrogens with zero attached hydrogens (tertiary/aromatic N) is 2. The molecule has 1 aliphatic rings. The number of amides is 1. The minimum Gasteiger partial charge on any atom is -0.438 e. The third-order valence-electron chi connectivity index (χ3n) is 5.73. The number of sulfone groups is 1. The lowest BCUT2D eigenvalue weighted by Gasteiger charge is -2.33. The fourth-order valence-electron chi connectivity index (χ4n) is 3.76. The minimum absolute atomic E-state index is 0.0506. The summed E-state index contributed by atoms with van der Waals surface area (Å²) in [5.74, 6) is -2.68. The molecule has 1 atom stereocenters. The lowest BCUT2D eigenvalue weighted by Crippen LogP contribution is -2.42. The van der Waals surface area contributed by atoms with Crippen LogP contribution in [0, 0.1) is 5.92 Å². The number of hydrogen-bond donors (Lipinski definition) is 1. The van der Waals surface area contributed by atoms with Crippen LogP contribution in [0.15, 0.2) is 48.0 Å². The third-order valence-corrected chi connectivity index (χ3v) is 6.38. The molecule has 0 radical (unpaired) electrons. The first kappa shape index (κ1) is 26.7. The van der Waals surface area contributed by atoms with E-state index in [0.717, 1.165) is 11.7 Å². The Morgan fingerprint density at radius 2 is 1.83 bits per heavy atom. The maximum absolute atomic E-state index is 13.7. The average molecular weight is 508 g/mol. The molecule has 10 heteroatoms. The van der Waals surface area contributed by atoms with E-state index in [1.165, 1.54) is 12.3 Å². The van der Waals surface area contributed by atoms with Gasteiger partial charge in [0.2, 0.25) is 11.8 Å². The first-order valence-corrected chi connectivity index (χ1v) is 13.4. The zero-order chi connectivity index (χ0) is 25.9. The number of hydrogen-bond acceptors (Lipinski definition) is 6. The van der Waals surface area contributed by atoms with E-state index in [0.29, 0.717) is 11.6 Å². The first-order chi connectivity index (χ1) is 16.2. The third kappa shape index (κ3) is 7.81. The van der Waals surface area contributed by atoms with E-state index in [4.69, 9.17) is 4.74 Å². The molecule has 190 valence electrons. The van der Waals surface area contributed by atoms with Crippen LogP contribution in [0.4, 0.5) is 8.78 Å². The molecule has 0 unspecified atom stereocenters. The van der Waals surface area contributed by atoms with Gasteiger partial charge < -0.3 is 10.1 Å². The van der Waals surface area contributed by atoms with E-state index in [1.54, 1.807) is 24.3 Å². The highest BCUT2D eigenvalue weighted by Gasteiger charge is 2.38. The molecule has 1 N–H and O–H groups in total. The molecule has 0 spiro atoms. The van der Waals surface area contributed by atoms with Gasteiger partial charge in [-0.15, -0.1) is 0 Å². The van der Waals surface area contributed by atoms with E-state index >= 15 is 0 Å². The first-order valence-electron chi connectivity index (χ1n) is 11.4. The summed E-state index contributed by atoms with van der Waals surface area (Å²) in [6.45, 7) is 5.79. The second kappa shape index (κ2) is 10.4. The summed E-state index contributed by atoms with van der Waals surface area (Å²) in [6.07, 6.45) is 3.42. The molecule has 35 heavy (non-hydrogen) atoms. The Morgan fingerprint density at radius 3 is 2.40 bits per heavy atom. The van der Waals surface area contributed by atoms with Crippen LogP contribution < -0.4 is 10.1 Å². The van der Waals surface area contributed by atoms with Crippen LogP contribution in [0.5, 0.6) is 11.6 Å². The predicted molar refractivity (Wildman–Crippen MR) is 129 cm³/mol. The molecule has 0 saturated heterocycles. The average Bonchev–Trinajstić information content (AvgIpc) is 2.76. The zero-order valence-corrected chi connectivity index (χ0v) is 21.1. The van der Waals surface area contributed by atoms with E-state index in [-0.39, 0.29) is 43.0 Å². The molecule has 1 aliphatic carbocycles. The van der Waals surface area contributed by atoms with Gasteiger partial charge in [-0.05, 0) is 30.9 Å². The molecule has 2 aromatic rings. The minimum atomic E-state index is -3.48. The van der Waals surface area contributed by atoms with Crippen molar-refractivity contribution in [3.63, 3.8) is 0 Å². The van der Waals surface area contributed by atoms with Gasteiger partial charge in [-0.2, -0.15) is 4.98 Å². The van der Waals surface area contributed by atoms with Crippen LogP contribution in [0.2, 0.25) is 0 Å². The summed E-state index contributed by atoms with van der Waals surface area (Å²) < 4.78 is 56.7. The van der Waals surface area contributed by atoms with Crippen LogP contribution in [-0.2, 0) is 15.3 Å². The van der Waals surface area contributed by atoms with E-state index in [2.05, 4.69) is 15.3 Å². The van der Waals surface area contributed by atoms with Crippen LogP contribution in [0.3, 0.4) is 0 Å². The van der Waals surface area contributed by atoms with Gasteiger partial charge in [0.1, 0.15) is 17.1 Å². The molecule has 0 aliphatic heterocycles. The van der Waals surface area contributed by atoms with Crippen molar-refractivity contribution in [2.45, 2.75) is 63.8 Å². The number of para-hydroxylation sites is 1. The molecule has 7 nitrogen and oxygen atoms in total. The lowest BCUT2D eigenvalue weighted by molar-refractivity contribution is -0.0475. The summed E-state index contributed by atoms with van der Waals surface area (Å²) in [4.78, 5) is 22.1. The number of nitrogens with one attached hydrogen (secondary N) is 1. The Balaban J connectivity index is 1.92. The second-order valence-electron chi connectivity index (χ2n) is 9.93. The second-order valence-corrected chi connectivity index (χ2v) is 11.9. The van der Waals surface area contributed by atoms with Gasteiger partial charge in [0.05, 0.1) is 6.04 Å². The van der Waals surface area contributed by atoms with Crippen molar-refractivity contribution in [2.24, 2.45) is 5.92 Å². The number of halogens is 2. The van der Waals surface area contributed by atoms with E-state index in [1.807, 2.05) is 26.8 Å². The van der Waals surface area contributed by atoms with Crippen molar-refractivity contribution in [3.05, 3.63) is 59.4 Å². The summed E-state index contributed by atoms with van der Waals surface area (Å²) >= 11 is 0. The maximum Gasteiger partial charge on any atom is 0.258 e. The fourth-order valence-corrected chi connectivity index (χ4v) is 4.22. The topological polar surface area (TPSA) is 98.2 Å². The molecule has 1 aromatic heterocycles. The molecule has 1 amide bonds. The Hall–Kier alpha value is -2.88. The Labute approximate surface area is 204 Å². The lowest BCUT2D eigenvalue weighted by atomic mass is 9.82. The molecule has 0 bridgehead atoms. The summed E-state index contributed by atoms with van der Waals surface area (Å²) in [6, 6.07) is 8.08. The molecular formula is C25H31F2N3O4S. The molecule has 1 fully saturated rings. The SMILES string of the molecule is CC(C)(C)c1ncc(C(=O)N[C@H](/C=C/S(C)(=O)=O)C2CCC(F)(F)CC2)c(Oc2ccccc2)n1. The largest absolute Gasteiger partial charge is 0.438 e. The van der Waals surface area contributed by atoms with Crippen molar-refractivity contribution in [1.29, 1.82) is 0 Å². The Kier molecular flexibility index (Phi) is 7.93. The Morgan fingerprint density at radius 1 is 1.20 bits per heavy atom. The monoisotopic (exact) mass is 507 g/mol. The van der Waals surface area contributed by atoms with Crippen molar-refractivity contribution < 1.29 is 26.7 Å². The highest BCUT2D eigenvalue weighted by molar-refractivity contribution is 7.93. The molecule has 1 saturated carbocycles. The number of rotatable bonds is 7. The van der Waals surface area contributed by atoms with Gasteiger partial charge in [0.25, 0.3) is 5.91 Å². The van der Waals surface area contributed by atoms with Gasteiger partial charge in [-0.1, -0.05) is 45.0 Å². The molecule has 3 rings (SSSR count). The van der Waals surface area contributed by atoms with Gasteiger partial charge in [-0.25, -0.2) is 22.2 Å². The van der Waals surface area contributed by atoms with Gasteiger partial charge >= 0.3 is 0 Å². The van der Waals surface area contributed by atoms with Crippen molar-refractivity contribution >= 4 is 15.7 Å². The smallest absolute Gasteiger partial charge is 0.258 e. The van der Waals surface area contributed by atoms with Crippen LogP contribution >= 0.6 is 0 Å². The number of carbonyl (C=O) groups is 1. The number of ether oxygens (including phenoxy) is 1.